The van der Waals surface area contributed by atoms with Crippen molar-refractivity contribution >= 4 is 23.2 Å². The van der Waals surface area contributed by atoms with Gasteiger partial charge in [0.2, 0.25) is 5.91 Å². The van der Waals surface area contributed by atoms with E-state index >= 15 is 0 Å². The highest BCUT2D eigenvalue weighted by molar-refractivity contribution is 7.09. The SMILES string of the molecule is CNC(=O)CC1CCN(C(=NCc2nnc(C)n2C)NCCc2cccs2)CC1. The van der Waals surface area contributed by atoms with Gasteiger partial charge >= 0.3 is 0 Å². The third-order valence-electron chi connectivity index (χ3n) is 5.45. The van der Waals surface area contributed by atoms with E-state index in [1.165, 1.54) is 4.88 Å². The summed E-state index contributed by atoms with van der Waals surface area (Å²) in [6, 6.07) is 4.25. The molecule has 0 atom stereocenters. The Morgan fingerprint density at radius 1 is 1.34 bits per heavy atom. The Morgan fingerprint density at radius 3 is 2.76 bits per heavy atom. The number of likely N-dealkylation sites (tertiary alicyclic amines) is 1. The maximum atomic E-state index is 11.7. The van der Waals surface area contributed by atoms with Crippen LogP contribution in [0.25, 0.3) is 0 Å². The van der Waals surface area contributed by atoms with Crippen molar-refractivity contribution in [2.24, 2.45) is 18.0 Å². The first-order valence-electron chi connectivity index (χ1n) is 10.2. The molecule has 0 unspecified atom stereocenters. The van der Waals surface area contributed by atoms with Gasteiger partial charge in [-0.15, -0.1) is 21.5 Å². The van der Waals surface area contributed by atoms with Crippen molar-refractivity contribution in [3.8, 4) is 0 Å². The van der Waals surface area contributed by atoms with Crippen molar-refractivity contribution in [1.82, 2.24) is 30.3 Å². The number of aryl methyl sites for hydroxylation is 1. The number of aromatic nitrogens is 3. The van der Waals surface area contributed by atoms with Crippen LogP contribution in [0.3, 0.4) is 0 Å². The Kier molecular flexibility index (Phi) is 7.62. The summed E-state index contributed by atoms with van der Waals surface area (Å²) in [5.74, 6) is 3.23. The van der Waals surface area contributed by atoms with Gasteiger partial charge in [0.25, 0.3) is 0 Å². The molecule has 0 aromatic carbocycles. The lowest BCUT2D eigenvalue weighted by molar-refractivity contribution is -0.121. The van der Waals surface area contributed by atoms with Crippen LogP contribution in [0.1, 0.15) is 35.8 Å². The van der Waals surface area contributed by atoms with Crippen LogP contribution in [0.2, 0.25) is 0 Å². The first-order chi connectivity index (χ1) is 14.1. The van der Waals surface area contributed by atoms with Crippen LogP contribution < -0.4 is 10.6 Å². The smallest absolute Gasteiger partial charge is 0.220 e. The van der Waals surface area contributed by atoms with E-state index in [-0.39, 0.29) is 5.91 Å². The zero-order valence-corrected chi connectivity index (χ0v) is 18.3. The Morgan fingerprint density at radius 2 is 2.14 bits per heavy atom. The first-order valence-corrected chi connectivity index (χ1v) is 11.1. The molecular formula is C20H31N7OS. The largest absolute Gasteiger partial charge is 0.359 e. The second-order valence-corrected chi connectivity index (χ2v) is 8.46. The monoisotopic (exact) mass is 417 g/mol. The Hall–Kier alpha value is -2.42. The van der Waals surface area contributed by atoms with Gasteiger partial charge < -0.3 is 20.1 Å². The number of amides is 1. The standard InChI is InChI=1S/C20H31N7OS/c1-15-24-25-18(26(15)3)14-23-20(22-9-6-17-5-4-12-29-17)27-10-7-16(8-11-27)13-19(28)21-2/h4-5,12,16H,6-11,13-14H2,1-3H3,(H,21,28)(H,22,23). The number of guanidine groups is 1. The van der Waals surface area contributed by atoms with Crippen molar-refractivity contribution in [3.05, 3.63) is 34.0 Å². The lowest BCUT2D eigenvalue weighted by atomic mass is 9.93. The maximum absolute atomic E-state index is 11.7. The number of nitrogens with zero attached hydrogens (tertiary/aromatic N) is 5. The molecule has 0 radical (unpaired) electrons. The zero-order chi connectivity index (χ0) is 20.6. The summed E-state index contributed by atoms with van der Waals surface area (Å²) < 4.78 is 1.97. The molecule has 2 N–H and O–H groups in total. The molecule has 0 aliphatic carbocycles. The van der Waals surface area contributed by atoms with E-state index in [0.717, 1.165) is 56.5 Å². The van der Waals surface area contributed by atoms with E-state index in [0.29, 0.717) is 18.9 Å². The molecular weight excluding hydrogens is 386 g/mol. The van der Waals surface area contributed by atoms with Crippen molar-refractivity contribution < 1.29 is 4.79 Å². The average Bonchev–Trinajstić information content (AvgIpc) is 3.36. The van der Waals surface area contributed by atoms with E-state index in [9.17, 15) is 4.79 Å². The van der Waals surface area contributed by atoms with Crippen molar-refractivity contribution in [3.63, 3.8) is 0 Å². The summed E-state index contributed by atoms with van der Waals surface area (Å²) in [6.45, 7) is 5.10. The number of piperidine rings is 1. The number of carbonyl (C=O) groups excluding carboxylic acids is 1. The van der Waals surface area contributed by atoms with Crippen molar-refractivity contribution in [2.45, 2.75) is 39.2 Å². The van der Waals surface area contributed by atoms with Gasteiger partial charge in [0, 0.05) is 45.0 Å². The van der Waals surface area contributed by atoms with Gasteiger partial charge in [0.1, 0.15) is 12.4 Å². The molecule has 3 rings (SSSR count). The van der Waals surface area contributed by atoms with Gasteiger partial charge in [-0.05, 0) is 43.6 Å². The van der Waals surface area contributed by atoms with Crippen LogP contribution >= 0.6 is 11.3 Å². The van der Waals surface area contributed by atoms with Crippen LogP contribution in [0.4, 0.5) is 0 Å². The van der Waals surface area contributed by atoms with Crippen LogP contribution in [0, 0.1) is 12.8 Å². The van der Waals surface area contributed by atoms with Gasteiger partial charge in [-0.25, -0.2) is 4.99 Å². The van der Waals surface area contributed by atoms with Crippen LogP contribution in [0.15, 0.2) is 22.5 Å². The molecule has 2 aromatic heterocycles. The summed E-state index contributed by atoms with van der Waals surface area (Å²) in [5, 5.41) is 16.7. The fraction of sp³-hybridized carbons (Fsp3) is 0.600. The molecule has 1 amide bonds. The molecule has 1 saturated heterocycles. The Labute approximate surface area is 176 Å². The predicted octanol–water partition coefficient (Wildman–Crippen LogP) is 1.72. The summed E-state index contributed by atoms with van der Waals surface area (Å²) in [6.07, 6.45) is 3.60. The minimum Gasteiger partial charge on any atom is -0.359 e. The molecule has 1 aliphatic heterocycles. The van der Waals surface area contributed by atoms with Crippen LogP contribution in [0.5, 0.6) is 0 Å². The number of hydrogen-bond donors (Lipinski definition) is 2. The van der Waals surface area contributed by atoms with E-state index in [1.54, 1.807) is 18.4 Å². The highest BCUT2D eigenvalue weighted by Gasteiger charge is 2.23. The number of thiophene rings is 1. The minimum atomic E-state index is 0.129. The lowest BCUT2D eigenvalue weighted by Gasteiger charge is -2.34. The summed E-state index contributed by atoms with van der Waals surface area (Å²) >= 11 is 1.78. The number of carbonyl (C=O) groups is 1. The first kappa shape index (κ1) is 21.3. The van der Waals surface area contributed by atoms with Gasteiger partial charge in [-0.3, -0.25) is 4.79 Å². The quantitative estimate of drug-likeness (QED) is 0.529. The molecule has 1 fully saturated rings. The van der Waals surface area contributed by atoms with E-state index in [1.807, 2.05) is 18.5 Å². The molecule has 8 nitrogen and oxygen atoms in total. The summed E-state index contributed by atoms with van der Waals surface area (Å²) in [5.41, 5.74) is 0. The van der Waals surface area contributed by atoms with Crippen molar-refractivity contribution in [1.29, 1.82) is 0 Å². The van der Waals surface area contributed by atoms with E-state index in [2.05, 4.69) is 43.2 Å². The summed E-state index contributed by atoms with van der Waals surface area (Å²) in [4.78, 5) is 20.2. The molecule has 1 aliphatic rings. The van der Waals surface area contributed by atoms with Gasteiger partial charge in [0.15, 0.2) is 11.8 Å². The Balaban J connectivity index is 1.61. The topological polar surface area (TPSA) is 87.4 Å². The number of hydrogen-bond acceptors (Lipinski definition) is 5. The zero-order valence-electron chi connectivity index (χ0n) is 17.5. The highest BCUT2D eigenvalue weighted by atomic mass is 32.1. The Bertz CT molecular complexity index is 807. The number of aliphatic imine (C=N–C) groups is 1. The predicted molar refractivity (Wildman–Crippen MR) is 116 cm³/mol. The molecule has 0 bridgehead atoms. The molecule has 29 heavy (non-hydrogen) atoms. The van der Waals surface area contributed by atoms with Crippen molar-refractivity contribution in [2.75, 3.05) is 26.7 Å². The molecule has 0 saturated carbocycles. The van der Waals surface area contributed by atoms with Crippen LogP contribution in [-0.2, 0) is 24.8 Å². The average molecular weight is 418 g/mol. The van der Waals surface area contributed by atoms with Gasteiger partial charge in [-0.1, -0.05) is 6.07 Å². The van der Waals surface area contributed by atoms with Crippen LogP contribution in [-0.4, -0.2) is 58.2 Å². The summed E-state index contributed by atoms with van der Waals surface area (Å²) in [7, 11) is 3.67. The molecule has 9 heteroatoms. The lowest BCUT2D eigenvalue weighted by Crippen LogP contribution is -2.46. The molecule has 0 spiro atoms. The molecule has 2 aromatic rings. The third kappa shape index (κ3) is 6.03. The highest BCUT2D eigenvalue weighted by Crippen LogP contribution is 2.20. The fourth-order valence-corrected chi connectivity index (χ4v) is 4.18. The normalized spacial score (nSPS) is 15.6. The number of rotatable bonds is 7. The van der Waals surface area contributed by atoms with Gasteiger partial charge in [-0.2, -0.15) is 0 Å². The third-order valence-corrected chi connectivity index (χ3v) is 6.39. The van der Waals surface area contributed by atoms with Gasteiger partial charge in [0.05, 0.1) is 0 Å². The minimum absolute atomic E-state index is 0.129. The maximum Gasteiger partial charge on any atom is 0.220 e. The van der Waals surface area contributed by atoms with E-state index < -0.39 is 0 Å². The second-order valence-electron chi connectivity index (χ2n) is 7.43. The molecule has 158 valence electrons. The van der Waals surface area contributed by atoms with E-state index in [4.69, 9.17) is 4.99 Å². The number of nitrogens with one attached hydrogen (secondary N) is 2. The molecule has 3 heterocycles. The fourth-order valence-electron chi connectivity index (χ4n) is 3.47. The second kappa shape index (κ2) is 10.4.